The van der Waals surface area contributed by atoms with Crippen molar-refractivity contribution >= 4 is 71.6 Å². The fraction of sp³-hybridized carbons (Fsp3) is 0. The Labute approximate surface area is 318 Å². The molecule has 0 saturated carbocycles. The van der Waals surface area contributed by atoms with Crippen LogP contribution >= 0.6 is 0 Å². The van der Waals surface area contributed by atoms with Crippen LogP contribution in [0.5, 0.6) is 0 Å². The summed E-state index contributed by atoms with van der Waals surface area (Å²) in [5.74, 6) is 0. The van der Waals surface area contributed by atoms with Gasteiger partial charge in [-0.3, -0.25) is 0 Å². The first-order valence-electron chi connectivity index (χ1n) is 18.7. The summed E-state index contributed by atoms with van der Waals surface area (Å²) in [5, 5.41) is 7.12. The van der Waals surface area contributed by atoms with E-state index in [9.17, 15) is 0 Å². The fourth-order valence-corrected chi connectivity index (χ4v) is 8.29. The van der Waals surface area contributed by atoms with Gasteiger partial charge in [-0.2, -0.15) is 0 Å². The highest BCUT2D eigenvalue weighted by Crippen LogP contribution is 2.42. The maximum atomic E-state index is 6.17. The predicted octanol–water partition coefficient (Wildman–Crippen LogP) is 14.6. The third-order valence-corrected chi connectivity index (χ3v) is 11.0. The third-order valence-electron chi connectivity index (χ3n) is 11.0. The van der Waals surface area contributed by atoms with Gasteiger partial charge >= 0.3 is 0 Å². The molecular formula is C52H34N2O. The van der Waals surface area contributed by atoms with Gasteiger partial charge in [0.25, 0.3) is 0 Å². The van der Waals surface area contributed by atoms with Gasteiger partial charge in [-0.05, 0) is 112 Å². The largest absolute Gasteiger partial charge is 0.456 e. The van der Waals surface area contributed by atoms with Crippen LogP contribution in [-0.4, -0.2) is 4.57 Å². The van der Waals surface area contributed by atoms with E-state index in [0.717, 1.165) is 61.3 Å². The summed E-state index contributed by atoms with van der Waals surface area (Å²) >= 11 is 0. The molecule has 11 rings (SSSR count). The van der Waals surface area contributed by atoms with Gasteiger partial charge in [0.15, 0.2) is 0 Å². The fourth-order valence-electron chi connectivity index (χ4n) is 8.29. The highest BCUT2D eigenvalue weighted by Gasteiger charge is 2.19. The van der Waals surface area contributed by atoms with Gasteiger partial charge in [-0.25, -0.2) is 0 Å². The van der Waals surface area contributed by atoms with Gasteiger partial charge in [0.05, 0.1) is 11.0 Å². The highest BCUT2D eigenvalue weighted by atomic mass is 16.3. The lowest BCUT2D eigenvalue weighted by molar-refractivity contribution is 0.669. The third kappa shape index (κ3) is 5.28. The first-order chi connectivity index (χ1) is 27.2. The van der Waals surface area contributed by atoms with Crippen molar-refractivity contribution in [3.63, 3.8) is 0 Å². The number of hydrogen-bond acceptors (Lipinski definition) is 2. The normalized spacial score (nSPS) is 11.6. The molecule has 11 aromatic rings. The van der Waals surface area contributed by atoms with E-state index in [1.165, 1.54) is 38.2 Å². The molecule has 0 spiro atoms. The number of furan rings is 1. The minimum absolute atomic E-state index is 0.906. The second-order valence-electron chi connectivity index (χ2n) is 14.2. The molecular weight excluding hydrogens is 669 g/mol. The zero-order valence-corrected chi connectivity index (χ0v) is 29.9. The second kappa shape index (κ2) is 12.6. The average molecular weight is 703 g/mol. The van der Waals surface area contributed by atoms with Gasteiger partial charge in [0.1, 0.15) is 11.2 Å². The first-order valence-corrected chi connectivity index (χ1v) is 18.7. The van der Waals surface area contributed by atoms with Crippen LogP contribution < -0.4 is 4.90 Å². The van der Waals surface area contributed by atoms with Crippen molar-refractivity contribution in [1.29, 1.82) is 0 Å². The van der Waals surface area contributed by atoms with Crippen LogP contribution in [0.25, 0.3) is 82.5 Å². The van der Waals surface area contributed by atoms with E-state index in [0.29, 0.717) is 0 Å². The molecule has 55 heavy (non-hydrogen) atoms. The lowest BCUT2D eigenvalue weighted by atomic mass is 10.0. The number of aromatic nitrogens is 1. The average Bonchev–Trinajstić information content (AvgIpc) is 3.79. The summed E-state index contributed by atoms with van der Waals surface area (Å²) < 4.78 is 8.59. The van der Waals surface area contributed by atoms with Gasteiger partial charge in [-0.1, -0.05) is 127 Å². The predicted molar refractivity (Wildman–Crippen MR) is 231 cm³/mol. The van der Waals surface area contributed by atoms with Crippen molar-refractivity contribution < 1.29 is 4.42 Å². The SMILES string of the molecule is c1ccc(-c2ccc(-n3c4ccc(-c5ccc6oc7ccccc7c6c5)cc4c4ccc(N(c5ccccc5)c5ccc6ccccc6c5)cc43)cc2)cc1. The van der Waals surface area contributed by atoms with Gasteiger partial charge in [0, 0.05) is 44.3 Å². The molecule has 0 N–H and O–H groups in total. The molecule has 0 aliphatic rings. The van der Waals surface area contributed by atoms with Crippen molar-refractivity contribution in [1.82, 2.24) is 4.57 Å². The highest BCUT2D eigenvalue weighted by molar-refractivity contribution is 6.12. The van der Waals surface area contributed by atoms with E-state index in [-0.39, 0.29) is 0 Å². The van der Waals surface area contributed by atoms with Crippen molar-refractivity contribution in [2.45, 2.75) is 0 Å². The van der Waals surface area contributed by atoms with E-state index in [1.807, 2.05) is 12.1 Å². The van der Waals surface area contributed by atoms with Crippen LogP contribution in [0.4, 0.5) is 17.1 Å². The summed E-state index contributed by atoms with van der Waals surface area (Å²) in [6.07, 6.45) is 0. The Morgan fingerprint density at radius 3 is 1.78 bits per heavy atom. The van der Waals surface area contributed by atoms with Crippen LogP contribution in [0.1, 0.15) is 0 Å². The monoisotopic (exact) mass is 702 g/mol. The summed E-state index contributed by atoms with van der Waals surface area (Å²) in [6, 6.07) is 74.1. The number of anilines is 3. The molecule has 258 valence electrons. The maximum absolute atomic E-state index is 6.17. The van der Waals surface area contributed by atoms with Crippen LogP contribution in [0.3, 0.4) is 0 Å². The lowest BCUT2D eigenvalue weighted by Gasteiger charge is -2.26. The minimum Gasteiger partial charge on any atom is -0.456 e. The van der Waals surface area contributed by atoms with E-state index in [2.05, 4.69) is 204 Å². The topological polar surface area (TPSA) is 21.3 Å². The minimum atomic E-state index is 0.906. The Kier molecular flexibility index (Phi) is 7.17. The zero-order valence-electron chi connectivity index (χ0n) is 29.9. The van der Waals surface area contributed by atoms with E-state index in [1.54, 1.807) is 0 Å². The Balaban J connectivity index is 1.12. The Bertz CT molecular complexity index is 3190. The van der Waals surface area contributed by atoms with Crippen molar-refractivity contribution in [2.24, 2.45) is 0 Å². The molecule has 0 aliphatic carbocycles. The van der Waals surface area contributed by atoms with Crippen molar-refractivity contribution in [3.8, 4) is 27.9 Å². The molecule has 0 unspecified atom stereocenters. The standard InChI is InChI=1S/C52H34N2O/c1-3-11-35(12-4-1)37-19-24-42(25-20-37)54-49-29-22-39(40-23-30-52-48(33-40)46-17-9-10-18-51(46)55-52)32-47(49)45-28-27-44(34-50(45)54)53(41-15-5-2-6-16-41)43-26-21-36-13-7-8-14-38(36)31-43/h1-34H. The summed E-state index contributed by atoms with van der Waals surface area (Å²) in [7, 11) is 0. The van der Waals surface area contributed by atoms with Crippen LogP contribution in [0, 0.1) is 0 Å². The van der Waals surface area contributed by atoms with Gasteiger partial charge in [0.2, 0.25) is 0 Å². The van der Waals surface area contributed by atoms with E-state index < -0.39 is 0 Å². The number of hydrogen-bond donors (Lipinski definition) is 0. The van der Waals surface area contributed by atoms with E-state index >= 15 is 0 Å². The maximum Gasteiger partial charge on any atom is 0.135 e. The number of rotatable bonds is 6. The molecule has 0 radical (unpaired) electrons. The van der Waals surface area contributed by atoms with E-state index in [4.69, 9.17) is 4.42 Å². The van der Waals surface area contributed by atoms with Crippen molar-refractivity contribution in [2.75, 3.05) is 4.90 Å². The van der Waals surface area contributed by atoms with Crippen LogP contribution in [0.15, 0.2) is 211 Å². The zero-order chi connectivity index (χ0) is 36.3. The second-order valence-corrected chi connectivity index (χ2v) is 14.2. The molecule has 2 heterocycles. The molecule has 3 heteroatoms. The molecule has 9 aromatic carbocycles. The quantitative estimate of drug-likeness (QED) is 0.172. The van der Waals surface area contributed by atoms with Crippen molar-refractivity contribution in [3.05, 3.63) is 206 Å². The molecule has 0 amide bonds. The molecule has 2 aromatic heterocycles. The Morgan fingerprint density at radius 1 is 0.327 bits per heavy atom. The molecule has 0 atom stereocenters. The molecule has 0 saturated heterocycles. The van der Waals surface area contributed by atoms with Crippen LogP contribution in [-0.2, 0) is 0 Å². The number of para-hydroxylation sites is 2. The molecule has 0 bridgehead atoms. The van der Waals surface area contributed by atoms with Crippen LogP contribution in [0.2, 0.25) is 0 Å². The van der Waals surface area contributed by atoms with Gasteiger partial charge < -0.3 is 13.9 Å². The molecule has 3 nitrogen and oxygen atoms in total. The van der Waals surface area contributed by atoms with Gasteiger partial charge in [-0.15, -0.1) is 0 Å². The first kappa shape index (κ1) is 31.2. The number of nitrogens with zero attached hydrogens (tertiary/aromatic N) is 2. The molecule has 0 fully saturated rings. The Morgan fingerprint density at radius 2 is 0.945 bits per heavy atom. The summed E-state index contributed by atoms with van der Waals surface area (Å²) in [5.41, 5.74) is 13.3. The number of fused-ring (bicyclic) bond motifs is 7. The number of benzene rings is 9. The molecule has 0 aliphatic heterocycles. The summed E-state index contributed by atoms with van der Waals surface area (Å²) in [4.78, 5) is 2.36. The summed E-state index contributed by atoms with van der Waals surface area (Å²) in [6.45, 7) is 0. The lowest BCUT2D eigenvalue weighted by Crippen LogP contribution is -2.10. The smallest absolute Gasteiger partial charge is 0.135 e. The Hall–Kier alpha value is -7.36.